The molecule has 0 heterocycles. The van der Waals surface area contributed by atoms with Crippen molar-refractivity contribution >= 4 is 5.97 Å². The number of carbonyl (C=O) groups excluding carboxylic acids is 1. The number of ether oxygens (including phenoxy) is 1. The Labute approximate surface area is 79.3 Å². The maximum absolute atomic E-state index is 11.4. The molecule has 4 nitrogen and oxygen atoms in total. The zero-order valence-corrected chi connectivity index (χ0v) is 8.92. The Kier molecular flexibility index (Phi) is 4.36. The van der Waals surface area contributed by atoms with Crippen molar-refractivity contribution in [2.24, 2.45) is 0 Å². The summed E-state index contributed by atoms with van der Waals surface area (Å²) in [4.78, 5) is 11.4. The molecule has 0 fully saturated rings. The topological polar surface area (TPSA) is 58.6 Å². The molecule has 0 rings (SSSR count). The van der Waals surface area contributed by atoms with Crippen LogP contribution in [0.3, 0.4) is 0 Å². The molecule has 1 unspecified atom stereocenters. The fraction of sp³-hybridized carbons (Fsp3) is 0.889. The average Bonchev–Trinajstić information content (AvgIpc) is 1.82. The number of likely N-dealkylation sites (N-methyl/N-ethyl adjacent to an activating group) is 1. The number of hydrogen-bond donors (Lipinski definition) is 2. The van der Waals surface area contributed by atoms with Crippen LogP contribution in [0.4, 0.5) is 0 Å². The second-order valence-corrected chi connectivity index (χ2v) is 4.04. The van der Waals surface area contributed by atoms with Crippen LogP contribution in [0.5, 0.6) is 0 Å². The van der Waals surface area contributed by atoms with E-state index in [0.29, 0.717) is 0 Å². The van der Waals surface area contributed by atoms with Crippen LogP contribution < -0.4 is 5.32 Å². The van der Waals surface area contributed by atoms with Gasteiger partial charge in [-0.3, -0.25) is 4.79 Å². The van der Waals surface area contributed by atoms with Gasteiger partial charge in [0, 0.05) is 0 Å². The lowest BCUT2D eigenvalue weighted by atomic mass is 10.1. The Bertz CT molecular complexity index is 172. The Balaban J connectivity index is 4.23. The molecule has 4 heteroatoms. The van der Waals surface area contributed by atoms with Crippen molar-refractivity contribution in [2.45, 2.75) is 45.4 Å². The zero-order chi connectivity index (χ0) is 10.6. The highest BCUT2D eigenvalue weighted by atomic mass is 16.6. The first-order chi connectivity index (χ1) is 5.78. The van der Waals surface area contributed by atoms with Crippen molar-refractivity contribution in [1.29, 1.82) is 0 Å². The molecule has 0 aliphatic carbocycles. The van der Waals surface area contributed by atoms with E-state index in [0.717, 1.165) is 0 Å². The molecular weight excluding hydrogens is 170 g/mol. The SMILES string of the molecule is CNC(C(=O)OC(C)(C)C)[C@@H](C)O. The van der Waals surface area contributed by atoms with E-state index in [1.54, 1.807) is 34.7 Å². The second kappa shape index (κ2) is 4.58. The van der Waals surface area contributed by atoms with Gasteiger partial charge in [0.15, 0.2) is 0 Å². The van der Waals surface area contributed by atoms with E-state index in [2.05, 4.69) is 5.32 Å². The Morgan fingerprint density at radius 1 is 1.46 bits per heavy atom. The molecule has 0 aromatic rings. The van der Waals surface area contributed by atoms with Gasteiger partial charge < -0.3 is 15.2 Å². The van der Waals surface area contributed by atoms with E-state index >= 15 is 0 Å². The van der Waals surface area contributed by atoms with Crippen molar-refractivity contribution in [3.8, 4) is 0 Å². The lowest BCUT2D eigenvalue weighted by molar-refractivity contribution is -0.160. The maximum atomic E-state index is 11.4. The van der Waals surface area contributed by atoms with Crippen LogP contribution in [-0.2, 0) is 9.53 Å². The van der Waals surface area contributed by atoms with Gasteiger partial charge in [-0.2, -0.15) is 0 Å². The molecule has 0 saturated heterocycles. The number of aliphatic hydroxyl groups excluding tert-OH is 1. The van der Waals surface area contributed by atoms with Gasteiger partial charge in [0.2, 0.25) is 0 Å². The fourth-order valence-corrected chi connectivity index (χ4v) is 0.921. The molecule has 78 valence electrons. The molecule has 0 amide bonds. The zero-order valence-electron chi connectivity index (χ0n) is 8.92. The first-order valence-electron chi connectivity index (χ1n) is 4.36. The summed E-state index contributed by atoms with van der Waals surface area (Å²) in [7, 11) is 1.61. The molecule has 2 atom stereocenters. The van der Waals surface area contributed by atoms with E-state index in [9.17, 15) is 9.90 Å². The summed E-state index contributed by atoms with van der Waals surface area (Å²) in [6, 6.07) is -0.653. The Morgan fingerprint density at radius 3 is 2.15 bits per heavy atom. The molecule has 0 bridgehead atoms. The number of carbonyl (C=O) groups is 1. The number of aliphatic hydroxyl groups is 1. The summed E-state index contributed by atoms with van der Waals surface area (Å²) in [5, 5.41) is 11.9. The van der Waals surface area contributed by atoms with E-state index in [4.69, 9.17) is 4.74 Å². The van der Waals surface area contributed by atoms with Gasteiger partial charge >= 0.3 is 5.97 Å². The van der Waals surface area contributed by atoms with Crippen LogP contribution in [0.2, 0.25) is 0 Å². The molecule has 0 radical (unpaired) electrons. The highest BCUT2D eigenvalue weighted by Crippen LogP contribution is 2.09. The van der Waals surface area contributed by atoms with E-state index in [-0.39, 0.29) is 0 Å². The van der Waals surface area contributed by atoms with Gasteiger partial charge in [-0.15, -0.1) is 0 Å². The van der Waals surface area contributed by atoms with Crippen molar-refractivity contribution < 1.29 is 14.6 Å². The largest absolute Gasteiger partial charge is 0.459 e. The average molecular weight is 189 g/mol. The third-order valence-electron chi connectivity index (χ3n) is 1.45. The summed E-state index contributed by atoms with van der Waals surface area (Å²) in [5.74, 6) is -0.426. The van der Waals surface area contributed by atoms with E-state index in [1.165, 1.54) is 0 Å². The normalized spacial score (nSPS) is 16.5. The van der Waals surface area contributed by atoms with Gasteiger partial charge in [0.25, 0.3) is 0 Å². The predicted octanol–water partition coefficient (Wildman–Crippen LogP) is 0.297. The van der Waals surface area contributed by atoms with Gasteiger partial charge in [0.05, 0.1) is 6.10 Å². The van der Waals surface area contributed by atoms with Crippen molar-refractivity contribution in [2.75, 3.05) is 7.05 Å². The molecule has 0 aliphatic heterocycles. The molecular formula is C9H19NO3. The fourth-order valence-electron chi connectivity index (χ4n) is 0.921. The Morgan fingerprint density at radius 2 is 1.92 bits per heavy atom. The summed E-state index contributed by atoms with van der Waals surface area (Å²) < 4.78 is 5.09. The maximum Gasteiger partial charge on any atom is 0.326 e. The van der Waals surface area contributed by atoms with Crippen LogP contribution in [0.15, 0.2) is 0 Å². The summed E-state index contributed by atoms with van der Waals surface area (Å²) >= 11 is 0. The quantitative estimate of drug-likeness (QED) is 0.627. The van der Waals surface area contributed by atoms with Crippen LogP contribution in [0.1, 0.15) is 27.7 Å². The minimum Gasteiger partial charge on any atom is -0.459 e. The van der Waals surface area contributed by atoms with Crippen LogP contribution in [0.25, 0.3) is 0 Å². The van der Waals surface area contributed by atoms with Crippen LogP contribution >= 0.6 is 0 Å². The molecule has 0 saturated carbocycles. The molecule has 0 aromatic heterocycles. The van der Waals surface area contributed by atoms with Crippen LogP contribution in [-0.4, -0.2) is 35.9 Å². The number of hydrogen-bond acceptors (Lipinski definition) is 4. The van der Waals surface area contributed by atoms with Gasteiger partial charge in [0.1, 0.15) is 11.6 Å². The van der Waals surface area contributed by atoms with E-state index in [1.807, 2.05) is 0 Å². The molecule has 2 N–H and O–H groups in total. The van der Waals surface area contributed by atoms with Gasteiger partial charge in [-0.1, -0.05) is 0 Å². The smallest absolute Gasteiger partial charge is 0.326 e. The second-order valence-electron chi connectivity index (χ2n) is 4.04. The highest BCUT2D eigenvalue weighted by molar-refractivity contribution is 5.76. The van der Waals surface area contributed by atoms with Gasteiger partial charge in [-0.05, 0) is 34.7 Å². The summed E-state index contributed by atoms with van der Waals surface area (Å²) in [6.45, 7) is 6.92. The number of esters is 1. The van der Waals surface area contributed by atoms with Crippen molar-refractivity contribution in [3.63, 3.8) is 0 Å². The van der Waals surface area contributed by atoms with Crippen LogP contribution in [0, 0.1) is 0 Å². The first kappa shape index (κ1) is 12.4. The van der Waals surface area contributed by atoms with Gasteiger partial charge in [-0.25, -0.2) is 0 Å². The lowest BCUT2D eigenvalue weighted by Gasteiger charge is -2.24. The van der Waals surface area contributed by atoms with E-state index < -0.39 is 23.7 Å². The standard InChI is InChI=1S/C9H19NO3/c1-6(11)7(10-5)8(12)13-9(2,3)4/h6-7,10-11H,1-5H3/t6-,7?/m1/s1. The monoisotopic (exact) mass is 189 g/mol. The van der Waals surface area contributed by atoms with Crippen molar-refractivity contribution in [3.05, 3.63) is 0 Å². The molecule has 0 aromatic carbocycles. The number of rotatable bonds is 3. The minimum atomic E-state index is -0.750. The highest BCUT2D eigenvalue weighted by Gasteiger charge is 2.27. The minimum absolute atomic E-state index is 0.426. The van der Waals surface area contributed by atoms with Crippen molar-refractivity contribution in [1.82, 2.24) is 5.32 Å². The summed E-state index contributed by atoms with van der Waals surface area (Å²) in [6.07, 6.45) is -0.750. The summed E-state index contributed by atoms with van der Waals surface area (Å²) in [5.41, 5.74) is -0.513. The molecule has 0 spiro atoms. The predicted molar refractivity (Wildman–Crippen MR) is 50.4 cm³/mol. The molecule has 0 aliphatic rings. The molecule has 13 heavy (non-hydrogen) atoms. The first-order valence-corrected chi connectivity index (χ1v) is 4.36. The third-order valence-corrected chi connectivity index (χ3v) is 1.45. The Hall–Kier alpha value is -0.610. The lowest BCUT2D eigenvalue weighted by Crippen LogP contribution is -2.46. The third kappa shape index (κ3) is 4.85. The number of nitrogens with one attached hydrogen (secondary N) is 1.